The van der Waals surface area contributed by atoms with E-state index in [2.05, 4.69) is 33.0 Å². The van der Waals surface area contributed by atoms with Crippen molar-refractivity contribution in [2.45, 2.75) is 53.1 Å². The number of aliphatic hydroxyl groups is 1. The summed E-state index contributed by atoms with van der Waals surface area (Å²) in [6.45, 7) is 12.3. The summed E-state index contributed by atoms with van der Waals surface area (Å²) in [7, 11) is 0. The Labute approximate surface area is 89.1 Å². The van der Waals surface area contributed by atoms with E-state index < -0.39 is 5.60 Å². The van der Waals surface area contributed by atoms with Gasteiger partial charge in [-0.05, 0) is 38.1 Å². The standard InChI is InChI=1S/C12H27NO/c1-10(2)6-7-13-9-12(5,14)8-11(3)4/h10-11,13-14H,6-9H2,1-5H3. The lowest BCUT2D eigenvalue weighted by atomic mass is 9.94. The van der Waals surface area contributed by atoms with Crippen LogP contribution in [0.4, 0.5) is 0 Å². The summed E-state index contributed by atoms with van der Waals surface area (Å²) in [5.74, 6) is 1.29. The van der Waals surface area contributed by atoms with Gasteiger partial charge in [-0.3, -0.25) is 0 Å². The molecule has 0 fully saturated rings. The van der Waals surface area contributed by atoms with E-state index in [4.69, 9.17) is 0 Å². The molecule has 0 aromatic rings. The largest absolute Gasteiger partial charge is 0.389 e. The van der Waals surface area contributed by atoms with E-state index in [-0.39, 0.29) is 0 Å². The zero-order chi connectivity index (χ0) is 11.2. The molecule has 2 nitrogen and oxygen atoms in total. The summed E-state index contributed by atoms with van der Waals surface area (Å²) < 4.78 is 0. The number of rotatable bonds is 7. The third-order valence-corrected chi connectivity index (χ3v) is 2.25. The molecule has 0 amide bonds. The molecule has 86 valence electrons. The van der Waals surface area contributed by atoms with E-state index in [1.54, 1.807) is 0 Å². The van der Waals surface area contributed by atoms with Crippen LogP contribution in [0.5, 0.6) is 0 Å². The van der Waals surface area contributed by atoms with Gasteiger partial charge in [0.1, 0.15) is 0 Å². The Morgan fingerprint density at radius 1 is 1.14 bits per heavy atom. The van der Waals surface area contributed by atoms with Crippen LogP contribution in [0.2, 0.25) is 0 Å². The molecular weight excluding hydrogens is 174 g/mol. The summed E-state index contributed by atoms with van der Waals surface area (Å²) in [5, 5.41) is 13.3. The molecule has 2 heteroatoms. The molecule has 0 aliphatic heterocycles. The highest BCUT2D eigenvalue weighted by Crippen LogP contribution is 2.14. The molecule has 0 aliphatic rings. The van der Waals surface area contributed by atoms with Crippen LogP contribution >= 0.6 is 0 Å². The maximum Gasteiger partial charge on any atom is 0.0746 e. The normalized spacial score (nSPS) is 16.3. The topological polar surface area (TPSA) is 32.3 Å². The van der Waals surface area contributed by atoms with E-state index >= 15 is 0 Å². The minimum Gasteiger partial charge on any atom is -0.389 e. The molecular formula is C12H27NO. The van der Waals surface area contributed by atoms with E-state index in [1.807, 2.05) is 6.92 Å². The molecule has 14 heavy (non-hydrogen) atoms. The first-order valence-corrected chi connectivity index (χ1v) is 5.76. The maximum atomic E-state index is 9.99. The SMILES string of the molecule is CC(C)CCNCC(C)(O)CC(C)C. The second-order valence-corrected chi connectivity index (χ2v) is 5.45. The summed E-state index contributed by atoms with van der Waals surface area (Å²) in [4.78, 5) is 0. The van der Waals surface area contributed by atoms with Crippen LogP contribution in [-0.2, 0) is 0 Å². The fourth-order valence-electron chi connectivity index (χ4n) is 1.70. The zero-order valence-corrected chi connectivity index (χ0v) is 10.4. The Bertz CT molecular complexity index is 141. The van der Waals surface area contributed by atoms with Crippen molar-refractivity contribution in [3.05, 3.63) is 0 Å². The lowest BCUT2D eigenvalue weighted by Gasteiger charge is -2.25. The van der Waals surface area contributed by atoms with Gasteiger partial charge in [-0.2, -0.15) is 0 Å². The van der Waals surface area contributed by atoms with Crippen molar-refractivity contribution in [1.82, 2.24) is 5.32 Å². The van der Waals surface area contributed by atoms with Gasteiger partial charge in [-0.15, -0.1) is 0 Å². The van der Waals surface area contributed by atoms with Crippen LogP contribution in [0, 0.1) is 11.8 Å². The fraction of sp³-hybridized carbons (Fsp3) is 1.00. The minimum absolute atomic E-state index is 0.550. The number of hydrogen-bond acceptors (Lipinski definition) is 2. The Morgan fingerprint density at radius 3 is 2.14 bits per heavy atom. The van der Waals surface area contributed by atoms with Gasteiger partial charge in [0.2, 0.25) is 0 Å². The highest BCUT2D eigenvalue weighted by Gasteiger charge is 2.20. The second-order valence-electron chi connectivity index (χ2n) is 5.45. The molecule has 0 aromatic carbocycles. The molecule has 2 N–H and O–H groups in total. The van der Waals surface area contributed by atoms with Crippen molar-refractivity contribution in [1.29, 1.82) is 0 Å². The first-order chi connectivity index (χ1) is 6.33. The third kappa shape index (κ3) is 8.52. The molecule has 0 bridgehead atoms. The lowest BCUT2D eigenvalue weighted by molar-refractivity contribution is 0.0385. The van der Waals surface area contributed by atoms with E-state index in [0.717, 1.165) is 18.9 Å². The van der Waals surface area contributed by atoms with Gasteiger partial charge in [0.25, 0.3) is 0 Å². The molecule has 0 aliphatic carbocycles. The molecule has 1 unspecified atom stereocenters. The van der Waals surface area contributed by atoms with Crippen LogP contribution < -0.4 is 5.32 Å². The van der Waals surface area contributed by atoms with Gasteiger partial charge < -0.3 is 10.4 Å². The van der Waals surface area contributed by atoms with Gasteiger partial charge in [0.15, 0.2) is 0 Å². The molecule has 0 saturated carbocycles. The summed E-state index contributed by atoms with van der Waals surface area (Å²) in [5.41, 5.74) is -0.550. The number of hydrogen-bond donors (Lipinski definition) is 2. The van der Waals surface area contributed by atoms with Crippen molar-refractivity contribution in [2.24, 2.45) is 11.8 Å². The van der Waals surface area contributed by atoms with E-state index in [9.17, 15) is 5.11 Å². The lowest BCUT2D eigenvalue weighted by Crippen LogP contribution is -2.39. The van der Waals surface area contributed by atoms with Crippen LogP contribution in [0.15, 0.2) is 0 Å². The number of nitrogens with one attached hydrogen (secondary N) is 1. The first kappa shape index (κ1) is 13.9. The first-order valence-electron chi connectivity index (χ1n) is 5.76. The van der Waals surface area contributed by atoms with Crippen molar-refractivity contribution >= 4 is 0 Å². The van der Waals surface area contributed by atoms with E-state index in [1.165, 1.54) is 6.42 Å². The predicted octanol–water partition coefficient (Wildman–Crippen LogP) is 2.42. The molecule has 0 heterocycles. The van der Waals surface area contributed by atoms with Gasteiger partial charge in [0, 0.05) is 6.54 Å². The summed E-state index contributed by atoms with van der Waals surface area (Å²) >= 11 is 0. The van der Waals surface area contributed by atoms with Gasteiger partial charge >= 0.3 is 0 Å². The minimum atomic E-state index is -0.550. The zero-order valence-electron chi connectivity index (χ0n) is 10.4. The Kier molecular flexibility index (Phi) is 6.38. The molecule has 0 spiro atoms. The maximum absolute atomic E-state index is 9.99. The van der Waals surface area contributed by atoms with Crippen molar-refractivity contribution in [3.63, 3.8) is 0 Å². The summed E-state index contributed by atoms with van der Waals surface area (Å²) in [6, 6.07) is 0. The average Bonchev–Trinajstić information content (AvgIpc) is 1.95. The monoisotopic (exact) mass is 201 g/mol. The van der Waals surface area contributed by atoms with Gasteiger partial charge in [-0.1, -0.05) is 27.7 Å². The van der Waals surface area contributed by atoms with Gasteiger partial charge in [-0.25, -0.2) is 0 Å². The molecule has 0 aromatic heterocycles. The van der Waals surface area contributed by atoms with Crippen LogP contribution in [-0.4, -0.2) is 23.8 Å². The Hall–Kier alpha value is -0.0800. The molecule has 0 radical (unpaired) electrons. The molecule has 1 atom stereocenters. The molecule has 0 saturated heterocycles. The van der Waals surface area contributed by atoms with Crippen LogP contribution in [0.25, 0.3) is 0 Å². The summed E-state index contributed by atoms with van der Waals surface area (Å²) in [6.07, 6.45) is 2.04. The van der Waals surface area contributed by atoms with Crippen molar-refractivity contribution in [2.75, 3.05) is 13.1 Å². The predicted molar refractivity (Wildman–Crippen MR) is 62.4 cm³/mol. The molecule has 0 rings (SSSR count). The highest BCUT2D eigenvalue weighted by molar-refractivity contribution is 4.76. The van der Waals surface area contributed by atoms with Crippen molar-refractivity contribution < 1.29 is 5.11 Å². The fourth-order valence-corrected chi connectivity index (χ4v) is 1.70. The Balaban J connectivity index is 3.55. The highest BCUT2D eigenvalue weighted by atomic mass is 16.3. The van der Waals surface area contributed by atoms with Crippen LogP contribution in [0.1, 0.15) is 47.5 Å². The van der Waals surface area contributed by atoms with Crippen LogP contribution in [0.3, 0.4) is 0 Å². The second kappa shape index (κ2) is 6.41. The van der Waals surface area contributed by atoms with E-state index in [0.29, 0.717) is 12.5 Å². The van der Waals surface area contributed by atoms with Crippen molar-refractivity contribution in [3.8, 4) is 0 Å². The average molecular weight is 201 g/mol. The Morgan fingerprint density at radius 2 is 1.71 bits per heavy atom. The quantitative estimate of drug-likeness (QED) is 0.620. The smallest absolute Gasteiger partial charge is 0.0746 e. The van der Waals surface area contributed by atoms with Gasteiger partial charge in [0.05, 0.1) is 5.60 Å². The third-order valence-electron chi connectivity index (χ3n) is 2.25.